The second-order valence-electron chi connectivity index (χ2n) is 5.60. The van der Waals surface area contributed by atoms with E-state index in [1.54, 1.807) is 25.2 Å². The third-order valence-electron chi connectivity index (χ3n) is 4.13. The summed E-state index contributed by atoms with van der Waals surface area (Å²) in [6.07, 6.45) is 1.23. The summed E-state index contributed by atoms with van der Waals surface area (Å²) in [5, 5.41) is 0. The van der Waals surface area contributed by atoms with Crippen molar-refractivity contribution in [2.45, 2.75) is 18.6 Å². The lowest BCUT2D eigenvalue weighted by molar-refractivity contribution is 0.0760. The summed E-state index contributed by atoms with van der Waals surface area (Å²) >= 11 is 0. The van der Waals surface area contributed by atoms with Crippen LogP contribution in [0.3, 0.4) is 0 Å². The third-order valence-corrected chi connectivity index (χ3v) is 4.13. The van der Waals surface area contributed by atoms with Crippen molar-refractivity contribution in [3.05, 3.63) is 29.8 Å². The Balaban J connectivity index is 1.99. The first kappa shape index (κ1) is 15.8. The Morgan fingerprint density at radius 1 is 1.43 bits per heavy atom. The van der Waals surface area contributed by atoms with Crippen LogP contribution in [-0.2, 0) is 4.74 Å². The number of amides is 1. The van der Waals surface area contributed by atoms with Crippen molar-refractivity contribution in [2.24, 2.45) is 0 Å². The van der Waals surface area contributed by atoms with Gasteiger partial charge in [-0.1, -0.05) is 6.07 Å². The summed E-state index contributed by atoms with van der Waals surface area (Å²) < 4.78 is 10.6. The fraction of sp³-hybridized carbons (Fsp3) is 0.562. The second-order valence-corrected chi connectivity index (χ2v) is 5.60. The van der Waals surface area contributed by atoms with Crippen LogP contribution >= 0.6 is 0 Å². The van der Waals surface area contributed by atoms with Crippen molar-refractivity contribution >= 4 is 5.91 Å². The SMILES string of the molecule is COc1cccc(C(=O)N(C)C[C@@H]2C[C@H](OC)CN2C)c1. The summed E-state index contributed by atoms with van der Waals surface area (Å²) in [6.45, 7) is 1.62. The molecule has 0 bridgehead atoms. The number of carbonyl (C=O) groups is 1. The van der Waals surface area contributed by atoms with E-state index in [2.05, 4.69) is 11.9 Å². The first-order valence-electron chi connectivity index (χ1n) is 7.17. The van der Waals surface area contributed by atoms with Gasteiger partial charge in [0.05, 0.1) is 13.2 Å². The smallest absolute Gasteiger partial charge is 0.253 e. The number of ether oxygens (including phenoxy) is 2. The van der Waals surface area contributed by atoms with Crippen molar-refractivity contribution in [1.82, 2.24) is 9.80 Å². The first-order valence-corrected chi connectivity index (χ1v) is 7.17. The Morgan fingerprint density at radius 3 is 2.81 bits per heavy atom. The van der Waals surface area contributed by atoms with Crippen LogP contribution in [0.15, 0.2) is 24.3 Å². The van der Waals surface area contributed by atoms with E-state index < -0.39 is 0 Å². The van der Waals surface area contributed by atoms with Crippen molar-refractivity contribution in [1.29, 1.82) is 0 Å². The monoisotopic (exact) mass is 292 g/mol. The zero-order valence-electron chi connectivity index (χ0n) is 13.2. The highest BCUT2D eigenvalue weighted by atomic mass is 16.5. The third kappa shape index (κ3) is 3.74. The lowest BCUT2D eigenvalue weighted by Crippen LogP contribution is -2.39. The van der Waals surface area contributed by atoms with Gasteiger partial charge in [-0.25, -0.2) is 0 Å². The number of nitrogens with zero attached hydrogens (tertiary/aromatic N) is 2. The van der Waals surface area contributed by atoms with E-state index in [9.17, 15) is 4.79 Å². The number of methoxy groups -OCH3 is 2. The maximum Gasteiger partial charge on any atom is 0.253 e. The fourth-order valence-electron chi connectivity index (χ4n) is 2.79. The molecule has 5 heteroatoms. The van der Waals surface area contributed by atoms with E-state index >= 15 is 0 Å². The molecule has 116 valence electrons. The minimum atomic E-state index is 0.0168. The number of carbonyl (C=O) groups excluding carboxylic acids is 1. The lowest BCUT2D eigenvalue weighted by Gasteiger charge is -2.25. The highest BCUT2D eigenvalue weighted by Crippen LogP contribution is 2.20. The summed E-state index contributed by atoms with van der Waals surface area (Å²) in [4.78, 5) is 16.5. The molecule has 1 heterocycles. The molecule has 1 aromatic rings. The number of likely N-dealkylation sites (tertiary alicyclic amines) is 1. The Kier molecular flexibility index (Phi) is 5.20. The molecule has 5 nitrogen and oxygen atoms in total. The number of rotatable bonds is 5. The Morgan fingerprint density at radius 2 is 2.19 bits per heavy atom. The molecule has 0 aliphatic carbocycles. The average molecular weight is 292 g/mol. The Hall–Kier alpha value is -1.59. The van der Waals surface area contributed by atoms with E-state index in [4.69, 9.17) is 9.47 Å². The van der Waals surface area contributed by atoms with Gasteiger partial charge in [-0.05, 0) is 31.7 Å². The number of likely N-dealkylation sites (N-methyl/N-ethyl adjacent to an activating group) is 2. The minimum absolute atomic E-state index is 0.0168. The predicted octanol–water partition coefficient (Wildman–Crippen LogP) is 1.49. The van der Waals surface area contributed by atoms with Crippen LogP contribution in [0.4, 0.5) is 0 Å². The largest absolute Gasteiger partial charge is 0.497 e. The standard InChI is InChI=1S/C16H24N2O3/c1-17-11-15(21-4)9-13(17)10-18(2)16(19)12-6-5-7-14(8-12)20-3/h5-8,13,15H,9-11H2,1-4H3/t13-,15-/m0/s1. The van der Waals surface area contributed by atoms with Crippen LogP contribution < -0.4 is 4.74 Å². The maximum atomic E-state index is 12.5. The fourth-order valence-corrected chi connectivity index (χ4v) is 2.79. The van der Waals surface area contributed by atoms with Gasteiger partial charge in [-0.2, -0.15) is 0 Å². The molecule has 0 unspecified atom stereocenters. The van der Waals surface area contributed by atoms with Gasteiger partial charge < -0.3 is 14.4 Å². The van der Waals surface area contributed by atoms with Crippen LogP contribution in [0, 0.1) is 0 Å². The van der Waals surface area contributed by atoms with Gasteiger partial charge in [0, 0.05) is 38.9 Å². The number of benzene rings is 1. The zero-order chi connectivity index (χ0) is 15.4. The summed E-state index contributed by atoms with van der Waals surface area (Å²) in [6, 6.07) is 7.61. The average Bonchev–Trinajstić information content (AvgIpc) is 2.86. The molecule has 21 heavy (non-hydrogen) atoms. The van der Waals surface area contributed by atoms with E-state index in [1.165, 1.54) is 0 Å². The molecule has 0 aromatic heterocycles. The van der Waals surface area contributed by atoms with E-state index in [0.717, 1.165) is 13.0 Å². The van der Waals surface area contributed by atoms with Crippen molar-refractivity contribution < 1.29 is 14.3 Å². The van der Waals surface area contributed by atoms with Gasteiger partial charge in [-0.3, -0.25) is 9.69 Å². The lowest BCUT2D eigenvalue weighted by atomic mass is 10.1. The molecule has 1 saturated heterocycles. The highest BCUT2D eigenvalue weighted by molar-refractivity contribution is 5.94. The van der Waals surface area contributed by atoms with Crippen LogP contribution in [0.5, 0.6) is 5.75 Å². The maximum absolute atomic E-state index is 12.5. The topological polar surface area (TPSA) is 42.0 Å². The highest BCUT2D eigenvalue weighted by Gasteiger charge is 2.31. The molecule has 0 spiro atoms. The van der Waals surface area contributed by atoms with Gasteiger partial charge in [0.1, 0.15) is 5.75 Å². The molecule has 1 fully saturated rings. The molecular formula is C16H24N2O3. The zero-order valence-corrected chi connectivity index (χ0v) is 13.2. The molecule has 1 aromatic carbocycles. The predicted molar refractivity (Wildman–Crippen MR) is 81.8 cm³/mol. The summed E-state index contributed by atoms with van der Waals surface area (Å²) in [5.74, 6) is 0.717. The molecule has 0 saturated carbocycles. The van der Waals surface area contributed by atoms with Crippen LogP contribution in [0.25, 0.3) is 0 Å². The summed E-state index contributed by atoms with van der Waals surface area (Å²) in [5.41, 5.74) is 0.654. The van der Waals surface area contributed by atoms with Gasteiger partial charge >= 0.3 is 0 Å². The minimum Gasteiger partial charge on any atom is -0.497 e. The van der Waals surface area contributed by atoms with Crippen molar-refractivity contribution in [3.63, 3.8) is 0 Å². The van der Waals surface area contributed by atoms with Crippen molar-refractivity contribution in [3.8, 4) is 5.75 Å². The van der Waals surface area contributed by atoms with Crippen molar-refractivity contribution in [2.75, 3.05) is 41.4 Å². The molecule has 0 N–H and O–H groups in total. The summed E-state index contributed by atoms with van der Waals surface area (Å²) in [7, 11) is 7.26. The Bertz CT molecular complexity index is 492. The van der Waals surface area contributed by atoms with Crippen LogP contribution in [0.2, 0.25) is 0 Å². The Labute approximate surface area is 126 Å². The molecule has 2 rings (SSSR count). The van der Waals surface area contributed by atoms with Crippen LogP contribution in [-0.4, -0.2) is 69.3 Å². The molecule has 1 aliphatic rings. The van der Waals surface area contributed by atoms with E-state index in [0.29, 0.717) is 23.9 Å². The normalized spacial score (nSPS) is 22.3. The van der Waals surface area contributed by atoms with Gasteiger partial charge in [0.15, 0.2) is 0 Å². The second kappa shape index (κ2) is 6.91. The van der Waals surface area contributed by atoms with Gasteiger partial charge in [0.25, 0.3) is 5.91 Å². The molecule has 1 aliphatic heterocycles. The van der Waals surface area contributed by atoms with E-state index in [-0.39, 0.29) is 12.0 Å². The quantitative estimate of drug-likeness (QED) is 0.824. The van der Waals surface area contributed by atoms with Gasteiger partial charge in [0.2, 0.25) is 0 Å². The molecule has 1 amide bonds. The number of hydrogen-bond acceptors (Lipinski definition) is 4. The number of hydrogen-bond donors (Lipinski definition) is 0. The van der Waals surface area contributed by atoms with E-state index in [1.807, 2.05) is 25.2 Å². The molecular weight excluding hydrogens is 268 g/mol. The molecule has 0 radical (unpaired) electrons. The van der Waals surface area contributed by atoms with Crippen LogP contribution in [0.1, 0.15) is 16.8 Å². The molecule has 2 atom stereocenters. The first-order chi connectivity index (χ1) is 10.0. The van der Waals surface area contributed by atoms with Gasteiger partial charge in [-0.15, -0.1) is 0 Å².